The van der Waals surface area contributed by atoms with Crippen LogP contribution in [0.25, 0.3) is 0 Å². The Morgan fingerprint density at radius 1 is 1.21 bits per heavy atom. The van der Waals surface area contributed by atoms with E-state index in [1.165, 1.54) is 20.1 Å². The van der Waals surface area contributed by atoms with Crippen molar-refractivity contribution in [3.8, 4) is 0 Å². The highest BCUT2D eigenvalue weighted by Crippen LogP contribution is 2.36. The van der Waals surface area contributed by atoms with Crippen molar-refractivity contribution in [2.45, 2.75) is 24.7 Å². The topological polar surface area (TPSA) is 80.8 Å². The number of halogens is 1. The van der Waals surface area contributed by atoms with Crippen molar-refractivity contribution in [1.82, 2.24) is 0 Å². The van der Waals surface area contributed by atoms with Crippen molar-refractivity contribution < 1.29 is 22.7 Å². The minimum absolute atomic E-state index is 0.0753. The predicted octanol–water partition coefficient (Wildman–Crippen LogP) is 3.16. The van der Waals surface area contributed by atoms with E-state index in [2.05, 4.69) is 15.9 Å². The molecule has 1 amide bonds. The molecule has 0 fully saturated rings. The molecule has 154 valence electrons. The highest BCUT2D eigenvalue weighted by Gasteiger charge is 2.32. The van der Waals surface area contributed by atoms with Crippen LogP contribution in [-0.2, 0) is 37.0 Å². The maximum absolute atomic E-state index is 13.2. The largest absolute Gasteiger partial charge is 0.469 e. The maximum Gasteiger partial charge on any atom is 0.310 e. The van der Waals surface area contributed by atoms with Crippen LogP contribution in [0.1, 0.15) is 18.1 Å². The average molecular weight is 480 g/mol. The normalized spacial score (nSPS) is 14.4. The number of hydrogen-bond donors (Lipinski definition) is 0. The number of rotatable bonds is 6. The first-order chi connectivity index (χ1) is 13.7. The lowest BCUT2D eigenvalue weighted by Gasteiger charge is -2.18. The van der Waals surface area contributed by atoms with E-state index in [-0.39, 0.29) is 23.0 Å². The lowest BCUT2D eigenvalue weighted by atomic mass is 10.0. The Hall–Kier alpha value is -2.19. The second kappa shape index (κ2) is 8.67. The summed E-state index contributed by atoms with van der Waals surface area (Å²) in [4.78, 5) is 25.8. The van der Waals surface area contributed by atoms with Crippen LogP contribution in [0.15, 0.2) is 51.8 Å². The number of sulfone groups is 1. The molecule has 6 nitrogen and oxygen atoms in total. The molecule has 3 rings (SSSR count). The maximum atomic E-state index is 13.2. The molecule has 29 heavy (non-hydrogen) atoms. The molecule has 1 aliphatic heterocycles. The van der Waals surface area contributed by atoms with E-state index >= 15 is 0 Å². The number of carbonyl (C=O) groups is 2. The summed E-state index contributed by atoms with van der Waals surface area (Å²) in [6.45, 7) is 1.98. The summed E-state index contributed by atoms with van der Waals surface area (Å²) in [5.41, 5.74) is 2.38. The molecule has 8 heteroatoms. The molecule has 1 heterocycles. The highest BCUT2D eigenvalue weighted by molar-refractivity contribution is 9.10. The van der Waals surface area contributed by atoms with E-state index < -0.39 is 21.7 Å². The van der Waals surface area contributed by atoms with Crippen LogP contribution in [0.2, 0.25) is 0 Å². The molecule has 0 radical (unpaired) electrons. The third kappa shape index (κ3) is 4.70. The van der Waals surface area contributed by atoms with Crippen LogP contribution in [0.3, 0.4) is 0 Å². The Morgan fingerprint density at radius 2 is 1.90 bits per heavy atom. The number of methoxy groups -OCH3 is 1. The van der Waals surface area contributed by atoms with Gasteiger partial charge in [0.25, 0.3) is 0 Å². The third-order valence-electron chi connectivity index (χ3n) is 5.02. The smallest absolute Gasteiger partial charge is 0.310 e. The van der Waals surface area contributed by atoms with E-state index in [4.69, 9.17) is 4.74 Å². The van der Waals surface area contributed by atoms with Gasteiger partial charge in [-0.05, 0) is 52.0 Å². The molecule has 0 spiro atoms. The number of ether oxygens (including phenoxy) is 1. The molecule has 0 aromatic heterocycles. The molecule has 0 aliphatic carbocycles. The fraction of sp³-hybridized carbons (Fsp3) is 0.333. The summed E-state index contributed by atoms with van der Waals surface area (Å²) < 4.78 is 31.7. The first kappa shape index (κ1) is 21.5. The van der Waals surface area contributed by atoms with Crippen LogP contribution in [0.4, 0.5) is 5.69 Å². The lowest BCUT2D eigenvalue weighted by Crippen LogP contribution is -2.28. The van der Waals surface area contributed by atoms with Crippen LogP contribution in [0, 0.1) is 5.92 Å². The van der Waals surface area contributed by atoms with Gasteiger partial charge in [-0.25, -0.2) is 8.42 Å². The van der Waals surface area contributed by atoms with Gasteiger partial charge in [0, 0.05) is 23.6 Å². The lowest BCUT2D eigenvalue weighted by molar-refractivity contribution is -0.144. The fourth-order valence-electron chi connectivity index (χ4n) is 3.58. The molecule has 0 saturated heterocycles. The van der Waals surface area contributed by atoms with E-state index in [0.29, 0.717) is 23.1 Å². The second-order valence-electron chi connectivity index (χ2n) is 7.02. The number of benzene rings is 2. The minimum atomic E-state index is -3.82. The van der Waals surface area contributed by atoms with Crippen LogP contribution in [-0.4, -0.2) is 39.7 Å². The van der Waals surface area contributed by atoms with E-state index in [0.717, 1.165) is 11.1 Å². The summed E-state index contributed by atoms with van der Waals surface area (Å²) in [5, 5.41) is 0. The monoisotopic (exact) mass is 479 g/mol. The van der Waals surface area contributed by atoms with Gasteiger partial charge in [-0.3, -0.25) is 9.59 Å². The number of carbonyl (C=O) groups excluding carboxylic acids is 2. The van der Waals surface area contributed by atoms with Gasteiger partial charge in [0.15, 0.2) is 9.84 Å². The molecule has 0 bridgehead atoms. The van der Waals surface area contributed by atoms with Crippen molar-refractivity contribution >= 4 is 43.3 Å². The summed E-state index contributed by atoms with van der Waals surface area (Å²) in [6, 6.07) is 12.5. The minimum Gasteiger partial charge on any atom is -0.469 e. The van der Waals surface area contributed by atoms with Crippen molar-refractivity contribution in [1.29, 1.82) is 0 Å². The zero-order chi connectivity index (χ0) is 21.2. The van der Waals surface area contributed by atoms with Gasteiger partial charge in [0.1, 0.15) is 0 Å². The van der Waals surface area contributed by atoms with E-state index in [1.54, 1.807) is 11.0 Å². The molecule has 1 aliphatic rings. The van der Waals surface area contributed by atoms with Crippen molar-refractivity contribution in [2.24, 2.45) is 5.92 Å². The molecule has 0 N–H and O–H groups in total. The Bertz CT molecular complexity index is 1040. The first-order valence-corrected chi connectivity index (χ1v) is 11.6. The van der Waals surface area contributed by atoms with Gasteiger partial charge in [-0.1, -0.05) is 30.3 Å². The van der Waals surface area contributed by atoms with E-state index in [9.17, 15) is 18.0 Å². The zero-order valence-corrected chi connectivity index (χ0v) is 18.6. The number of anilines is 1. The Morgan fingerprint density at radius 3 is 2.52 bits per heavy atom. The second-order valence-corrected chi connectivity index (χ2v) is 9.88. The number of fused-ring (bicyclic) bond motifs is 1. The molecular weight excluding hydrogens is 458 g/mol. The van der Waals surface area contributed by atoms with Crippen LogP contribution < -0.4 is 4.90 Å². The Balaban J connectivity index is 1.94. The molecule has 0 saturated carbocycles. The van der Waals surface area contributed by atoms with Gasteiger partial charge in [0.05, 0.1) is 23.7 Å². The molecule has 2 aromatic rings. The van der Waals surface area contributed by atoms with E-state index in [1.807, 2.05) is 30.3 Å². The summed E-state index contributed by atoms with van der Waals surface area (Å²) in [7, 11) is -2.57. The summed E-state index contributed by atoms with van der Waals surface area (Å²) in [5.74, 6) is -1.92. The standard InChI is InChI=1S/C21H22BrNO5S/c1-14(24)23-9-8-16-11-18(22)20(12-19(16)23)29(26,27)13-17(21(25)28-2)10-15-6-4-3-5-7-15/h3-7,11-12,17H,8-10,13H2,1-2H3/t17-/m1/s1. The van der Waals surface area contributed by atoms with Crippen LogP contribution >= 0.6 is 15.9 Å². The number of hydrogen-bond acceptors (Lipinski definition) is 5. The van der Waals surface area contributed by atoms with Gasteiger partial charge in [-0.15, -0.1) is 0 Å². The van der Waals surface area contributed by atoms with Crippen molar-refractivity contribution in [3.05, 3.63) is 58.1 Å². The van der Waals surface area contributed by atoms with Crippen LogP contribution in [0.5, 0.6) is 0 Å². The predicted molar refractivity (Wildman–Crippen MR) is 114 cm³/mol. The highest BCUT2D eigenvalue weighted by atomic mass is 79.9. The SMILES string of the molecule is COC(=O)[C@H](Cc1ccccc1)CS(=O)(=O)c1cc2c(cc1Br)CCN2C(C)=O. The zero-order valence-electron chi connectivity index (χ0n) is 16.2. The first-order valence-electron chi connectivity index (χ1n) is 9.18. The number of amides is 1. The third-order valence-corrected chi connectivity index (χ3v) is 7.79. The Kier molecular flexibility index (Phi) is 6.43. The molecule has 2 aromatic carbocycles. The molecular formula is C21H22BrNO5S. The van der Waals surface area contributed by atoms with Gasteiger partial charge in [0.2, 0.25) is 5.91 Å². The average Bonchev–Trinajstić information content (AvgIpc) is 3.09. The summed E-state index contributed by atoms with van der Waals surface area (Å²) in [6.07, 6.45) is 0.932. The van der Waals surface area contributed by atoms with Gasteiger partial charge >= 0.3 is 5.97 Å². The van der Waals surface area contributed by atoms with Crippen molar-refractivity contribution in [3.63, 3.8) is 0 Å². The summed E-state index contributed by atoms with van der Waals surface area (Å²) >= 11 is 3.35. The number of esters is 1. The van der Waals surface area contributed by atoms with Gasteiger partial charge < -0.3 is 9.64 Å². The van der Waals surface area contributed by atoms with Crippen molar-refractivity contribution in [2.75, 3.05) is 24.3 Å². The molecule has 0 unspecified atom stereocenters. The Labute approximate surface area is 178 Å². The number of nitrogens with zero attached hydrogens (tertiary/aromatic N) is 1. The fourth-order valence-corrected chi connectivity index (χ4v) is 6.32. The molecule has 1 atom stereocenters. The quantitative estimate of drug-likeness (QED) is 0.594. The van der Waals surface area contributed by atoms with Gasteiger partial charge in [-0.2, -0.15) is 0 Å².